The zero-order valence-corrected chi connectivity index (χ0v) is 16.2. The van der Waals surface area contributed by atoms with Crippen molar-refractivity contribution in [3.63, 3.8) is 0 Å². The minimum absolute atomic E-state index is 0.260. The van der Waals surface area contributed by atoms with Crippen molar-refractivity contribution < 1.29 is 8.81 Å². The molecular weight excluding hydrogens is 357 g/mol. The molecule has 3 heterocycles. The van der Waals surface area contributed by atoms with Crippen molar-refractivity contribution in [3.8, 4) is 11.3 Å². The van der Waals surface area contributed by atoms with Crippen molar-refractivity contribution >= 4 is 5.95 Å². The van der Waals surface area contributed by atoms with Crippen molar-refractivity contribution in [1.29, 1.82) is 0 Å². The van der Waals surface area contributed by atoms with E-state index in [1.807, 2.05) is 12.3 Å². The molecule has 0 bridgehead atoms. The highest BCUT2D eigenvalue weighted by Crippen LogP contribution is 2.22. The molecule has 0 atom stereocenters. The molecule has 0 radical (unpaired) electrons. The summed E-state index contributed by atoms with van der Waals surface area (Å²) in [6.45, 7) is 8.45. The lowest BCUT2D eigenvalue weighted by atomic mass is 10.1. The Bertz CT molecular complexity index is 917. The second-order valence-electron chi connectivity index (χ2n) is 7.32. The monoisotopic (exact) mass is 381 g/mol. The van der Waals surface area contributed by atoms with E-state index in [2.05, 4.69) is 38.6 Å². The topological polar surface area (TPSA) is 58.3 Å². The maximum atomic E-state index is 13.1. The SMILES string of the molecule is CC(C)c1ccnc(N2CCN(Cc3ncc(-c4ccc(F)cc4)o3)CC2)n1. The molecular formula is C21H24FN5O. The Morgan fingerprint density at radius 2 is 1.79 bits per heavy atom. The quantitative estimate of drug-likeness (QED) is 0.671. The number of benzene rings is 1. The van der Waals surface area contributed by atoms with E-state index in [1.54, 1.807) is 18.3 Å². The summed E-state index contributed by atoms with van der Waals surface area (Å²) in [6.07, 6.45) is 3.54. The van der Waals surface area contributed by atoms with Crippen LogP contribution in [-0.4, -0.2) is 46.0 Å². The highest BCUT2D eigenvalue weighted by molar-refractivity contribution is 5.55. The van der Waals surface area contributed by atoms with Crippen LogP contribution in [0.25, 0.3) is 11.3 Å². The van der Waals surface area contributed by atoms with Crippen LogP contribution in [0.4, 0.5) is 10.3 Å². The number of hydrogen-bond acceptors (Lipinski definition) is 6. The molecule has 0 N–H and O–H groups in total. The Balaban J connectivity index is 1.35. The average Bonchev–Trinajstić information content (AvgIpc) is 3.17. The van der Waals surface area contributed by atoms with E-state index in [1.165, 1.54) is 12.1 Å². The van der Waals surface area contributed by atoms with E-state index in [0.717, 1.165) is 43.4 Å². The lowest BCUT2D eigenvalue weighted by Crippen LogP contribution is -2.46. The molecule has 2 aromatic heterocycles. The summed E-state index contributed by atoms with van der Waals surface area (Å²) in [6, 6.07) is 8.22. The number of piperazine rings is 1. The summed E-state index contributed by atoms with van der Waals surface area (Å²) < 4.78 is 18.9. The molecule has 6 nitrogen and oxygen atoms in total. The summed E-state index contributed by atoms with van der Waals surface area (Å²) in [5, 5.41) is 0. The largest absolute Gasteiger partial charge is 0.439 e. The number of halogens is 1. The van der Waals surface area contributed by atoms with Gasteiger partial charge in [-0.3, -0.25) is 4.90 Å². The molecule has 1 aliphatic rings. The van der Waals surface area contributed by atoms with E-state index in [0.29, 0.717) is 24.1 Å². The fourth-order valence-corrected chi connectivity index (χ4v) is 3.26. The van der Waals surface area contributed by atoms with Gasteiger partial charge in [0, 0.05) is 43.6 Å². The molecule has 4 rings (SSSR count). The maximum Gasteiger partial charge on any atom is 0.225 e. The van der Waals surface area contributed by atoms with Gasteiger partial charge in [-0.25, -0.2) is 19.3 Å². The third-order valence-corrected chi connectivity index (χ3v) is 4.95. The normalized spacial score (nSPS) is 15.4. The maximum absolute atomic E-state index is 13.1. The van der Waals surface area contributed by atoms with Crippen LogP contribution in [0, 0.1) is 5.82 Å². The lowest BCUT2D eigenvalue weighted by molar-refractivity contribution is 0.226. The Morgan fingerprint density at radius 3 is 2.50 bits per heavy atom. The first-order chi connectivity index (χ1) is 13.6. The van der Waals surface area contributed by atoms with Crippen LogP contribution in [0.5, 0.6) is 0 Å². The van der Waals surface area contributed by atoms with Crippen LogP contribution in [0.1, 0.15) is 31.4 Å². The molecule has 0 aliphatic carbocycles. The van der Waals surface area contributed by atoms with E-state index >= 15 is 0 Å². The Hall–Kier alpha value is -2.80. The van der Waals surface area contributed by atoms with Gasteiger partial charge in [-0.15, -0.1) is 0 Å². The van der Waals surface area contributed by atoms with Gasteiger partial charge in [-0.1, -0.05) is 13.8 Å². The van der Waals surface area contributed by atoms with Crippen LogP contribution in [-0.2, 0) is 6.54 Å². The van der Waals surface area contributed by atoms with Crippen molar-refractivity contribution in [2.45, 2.75) is 26.3 Å². The fraction of sp³-hybridized carbons (Fsp3) is 0.381. The molecule has 1 aromatic carbocycles. The fourth-order valence-electron chi connectivity index (χ4n) is 3.26. The average molecular weight is 381 g/mol. The Labute approximate surface area is 164 Å². The predicted octanol–water partition coefficient (Wildman–Crippen LogP) is 3.72. The number of nitrogens with zero attached hydrogens (tertiary/aromatic N) is 5. The molecule has 1 saturated heterocycles. The first-order valence-corrected chi connectivity index (χ1v) is 9.59. The predicted molar refractivity (Wildman–Crippen MR) is 106 cm³/mol. The molecule has 28 heavy (non-hydrogen) atoms. The summed E-state index contributed by atoms with van der Waals surface area (Å²) in [5.41, 5.74) is 1.90. The summed E-state index contributed by atoms with van der Waals surface area (Å²) in [7, 11) is 0. The number of oxazole rings is 1. The van der Waals surface area contributed by atoms with Crippen molar-refractivity contribution in [2.24, 2.45) is 0 Å². The van der Waals surface area contributed by atoms with Gasteiger partial charge in [0.25, 0.3) is 0 Å². The van der Waals surface area contributed by atoms with Gasteiger partial charge >= 0.3 is 0 Å². The zero-order chi connectivity index (χ0) is 19.5. The van der Waals surface area contributed by atoms with Crippen LogP contribution in [0.15, 0.2) is 47.1 Å². The van der Waals surface area contributed by atoms with Gasteiger partial charge in [0.1, 0.15) is 5.82 Å². The standard InChI is InChI=1S/C21H24FN5O/c1-15(2)18-7-8-23-21(25-18)27-11-9-26(10-12-27)14-20-24-13-19(28-20)16-3-5-17(22)6-4-16/h3-8,13,15H,9-12,14H2,1-2H3. The van der Waals surface area contributed by atoms with Gasteiger partial charge < -0.3 is 9.32 Å². The molecule has 146 valence electrons. The van der Waals surface area contributed by atoms with E-state index in [-0.39, 0.29) is 5.82 Å². The lowest BCUT2D eigenvalue weighted by Gasteiger charge is -2.34. The minimum Gasteiger partial charge on any atom is -0.439 e. The van der Waals surface area contributed by atoms with E-state index in [4.69, 9.17) is 4.42 Å². The smallest absolute Gasteiger partial charge is 0.225 e. The van der Waals surface area contributed by atoms with Crippen LogP contribution in [0.2, 0.25) is 0 Å². The second kappa shape index (κ2) is 8.06. The summed E-state index contributed by atoms with van der Waals surface area (Å²) >= 11 is 0. The van der Waals surface area contributed by atoms with Gasteiger partial charge in [0.2, 0.25) is 11.8 Å². The molecule has 1 aliphatic heterocycles. The van der Waals surface area contributed by atoms with E-state index in [9.17, 15) is 4.39 Å². The van der Waals surface area contributed by atoms with Crippen LogP contribution in [0.3, 0.4) is 0 Å². The van der Waals surface area contributed by atoms with E-state index < -0.39 is 0 Å². The highest BCUT2D eigenvalue weighted by atomic mass is 19.1. The number of hydrogen-bond donors (Lipinski definition) is 0. The first-order valence-electron chi connectivity index (χ1n) is 9.59. The molecule has 0 amide bonds. The molecule has 3 aromatic rings. The third kappa shape index (κ3) is 4.20. The van der Waals surface area contributed by atoms with Crippen molar-refractivity contribution in [2.75, 3.05) is 31.1 Å². The molecule has 0 unspecified atom stereocenters. The van der Waals surface area contributed by atoms with Gasteiger partial charge in [-0.2, -0.15) is 0 Å². The van der Waals surface area contributed by atoms with Gasteiger partial charge in [0.05, 0.1) is 12.7 Å². The first kappa shape index (κ1) is 18.6. The second-order valence-corrected chi connectivity index (χ2v) is 7.32. The highest BCUT2D eigenvalue weighted by Gasteiger charge is 2.21. The Kier molecular flexibility index (Phi) is 5.34. The third-order valence-electron chi connectivity index (χ3n) is 4.95. The van der Waals surface area contributed by atoms with Crippen LogP contribution < -0.4 is 4.90 Å². The van der Waals surface area contributed by atoms with Gasteiger partial charge in [-0.05, 0) is 36.2 Å². The minimum atomic E-state index is -0.260. The number of anilines is 1. The zero-order valence-electron chi connectivity index (χ0n) is 16.2. The summed E-state index contributed by atoms with van der Waals surface area (Å²) in [4.78, 5) is 18.0. The molecule has 0 saturated carbocycles. The Morgan fingerprint density at radius 1 is 1.04 bits per heavy atom. The molecule has 1 fully saturated rings. The molecule has 7 heteroatoms. The molecule has 0 spiro atoms. The van der Waals surface area contributed by atoms with Crippen LogP contribution >= 0.6 is 0 Å². The number of rotatable bonds is 5. The van der Waals surface area contributed by atoms with Crippen molar-refractivity contribution in [3.05, 3.63) is 60.1 Å². The summed E-state index contributed by atoms with van der Waals surface area (Å²) in [5.74, 6) is 2.27. The van der Waals surface area contributed by atoms with Crippen molar-refractivity contribution in [1.82, 2.24) is 19.9 Å². The van der Waals surface area contributed by atoms with Gasteiger partial charge in [0.15, 0.2) is 5.76 Å². The number of aromatic nitrogens is 3.